The molecule has 176 valence electrons. The summed E-state index contributed by atoms with van der Waals surface area (Å²) in [5, 5.41) is 20.2. The van der Waals surface area contributed by atoms with E-state index >= 15 is 0 Å². The fourth-order valence-corrected chi connectivity index (χ4v) is 4.34. The van der Waals surface area contributed by atoms with Gasteiger partial charge in [-0.15, -0.1) is 0 Å². The number of aromatic amines is 1. The van der Waals surface area contributed by atoms with E-state index < -0.39 is 24.2 Å². The van der Waals surface area contributed by atoms with E-state index in [0.717, 1.165) is 37.8 Å². The van der Waals surface area contributed by atoms with Crippen LogP contribution in [0.5, 0.6) is 5.75 Å². The monoisotopic (exact) mass is 464 g/mol. The standard InChI is InChI=1S/C23H24F4N4O2/c1-2-18(32)21-20-17(30-31-21)9-16(29-22(20)28-11-12-5-3-4-6-12)14-8-15(24)19(33)7-13(14)10-23(25,26)27/h7-9,12,33H,2-6,10-11H2,1H3,(H,28,29)(H,30,31). The topological polar surface area (TPSA) is 90.9 Å². The number of alkyl halides is 3. The van der Waals surface area contributed by atoms with Crippen LogP contribution in [0.25, 0.3) is 22.2 Å². The maximum atomic E-state index is 14.2. The van der Waals surface area contributed by atoms with Gasteiger partial charge >= 0.3 is 6.18 Å². The van der Waals surface area contributed by atoms with Crippen LogP contribution in [-0.2, 0) is 6.42 Å². The maximum Gasteiger partial charge on any atom is 0.393 e. The molecule has 2 heterocycles. The summed E-state index contributed by atoms with van der Waals surface area (Å²) in [6, 6.07) is 3.07. The van der Waals surface area contributed by atoms with Gasteiger partial charge in [0.05, 0.1) is 23.0 Å². The number of carbonyl (C=O) groups is 1. The first-order valence-corrected chi connectivity index (χ1v) is 10.9. The van der Waals surface area contributed by atoms with Crippen molar-refractivity contribution in [2.24, 2.45) is 5.92 Å². The molecule has 1 aliphatic rings. The molecule has 4 rings (SSSR count). The van der Waals surface area contributed by atoms with Crippen molar-refractivity contribution in [3.05, 3.63) is 35.3 Å². The van der Waals surface area contributed by atoms with Gasteiger partial charge in [0.25, 0.3) is 0 Å². The lowest BCUT2D eigenvalue weighted by Crippen LogP contribution is -2.14. The molecule has 0 spiro atoms. The molecule has 0 radical (unpaired) electrons. The summed E-state index contributed by atoms with van der Waals surface area (Å²) in [6.45, 7) is 2.30. The highest BCUT2D eigenvalue weighted by Gasteiger charge is 2.30. The molecule has 3 N–H and O–H groups in total. The average Bonchev–Trinajstić information content (AvgIpc) is 3.42. The van der Waals surface area contributed by atoms with E-state index in [9.17, 15) is 27.5 Å². The number of rotatable bonds is 7. The number of fused-ring (bicyclic) bond motifs is 1. The molecule has 0 atom stereocenters. The van der Waals surface area contributed by atoms with Crippen molar-refractivity contribution >= 4 is 22.5 Å². The minimum atomic E-state index is -4.57. The number of carbonyl (C=O) groups excluding carboxylic acids is 1. The predicted octanol–water partition coefficient (Wildman–Crippen LogP) is 5.77. The summed E-state index contributed by atoms with van der Waals surface area (Å²) in [7, 11) is 0. The lowest BCUT2D eigenvalue weighted by Gasteiger charge is -2.16. The van der Waals surface area contributed by atoms with Crippen LogP contribution in [0.2, 0.25) is 0 Å². The number of hydrogen-bond donors (Lipinski definition) is 3. The van der Waals surface area contributed by atoms with E-state index in [-0.39, 0.29) is 34.7 Å². The first-order chi connectivity index (χ1) is 15.7. The van der Waals surface area contributed by atoms with Crippen LogP contribution < -0.4 is 5.32 Å². The Balaban J connectivity index is 1.85. The number of aromatic hydroxyl groups is 1. The van der Waals surface area contributed by atoms with Gasteiger partial charge in [-0.1, -0.05) is 19.8 Å². The second-order valence-corrected chi connectivity index (χ2v) is 8.41. The summed E-state index contributed by atoms with van der Waals surface area (Å²) in [5.74, 6) is -1.38. The van der Waals surface area contributed by atoms with Gasteiger partial charge in [-0.25, -0.2) is 9.37 Å². The average molecular weight is 464 g/mol. The zero-order chi connectivity index (χ0) is 23.8. The SMILES string of the molecule is CCC(=O)c1n[nH]c2cc(-c3cc(F)c(O)cc3CC(F)(F)F)nc(NCC3CCCC3)c12. The van der Waals surface area contributed by atoms with Crippen molar-refractivity contribution in [3.8, 4) is 17.0 Å². The van der Waals surface area contributed by atoms with E-state index in [1.54, 1.807) is 6.92 Å². The summed E-state index contributed by atoms with van der Waals surface area (Å²) in [5.41, 5.74) is 0.282. The highest BCUT2D eigenvalue weighted by molar-refractivity contribution is 6.10. The fraction of sp³-hybridized carbons (Fsp3) is 0.435. The van der Waals surface area contributed by atoms with Gasteiger partial charge in [0.2, 0.25) is 0 Å². The number of Topliss-reactive ketones (excluding diaryl/α,β-unsaturated/α-hetero) is 1. The molecule has 0 saturated heterocycles. The molecule has 6 nitrogen and oxygen atoms in total. The van der Waals surface area contributed by atoms with Crippen molar-refractivity contribution in [2.75, 3.05) is 11.9 Å². The lowest BCUT2D eigenvalue weighted by atomic mass is 9.99. The Morgan fingerprint density at radius 1 is 1.24 bits per heavy atom. The number of nitrogens with zero attached hydrogens (tertiary/aromatic N) is 2. The highest BCUT2D eigenvalue weighted by Crippen LogP contribution is 2.36. The minimum absolute atomic E-state index is 0.0775. The number of benzene rings is 1. The van der Waals surface area contributed by atoms with Crippen LogP contribution in [0.15, 0.2) is 18.2 Å². The van der Waals surface area contributed by atoms with E-state index in [4.69, 9.17) is 0 Å². The van der Waals surface area contributed by atoms with E-state index in [0.29, 0.717) is 29.2 Å². The third-order valence-corrected chi connectivity index (χ3v) is 6.00. The second kappa shape index (κ2) is 8.99. The first-order valence-electron chi connectivity index (χ1n) is 10.9. The molecule has 1 fully saturated rings. The summed E-state index contributed by atoms with van der Waals surface area (Å²) in [6.07, 6.45) is -1.32. The zero-order valence-electron chi connectivity index (χ0n) is 18.0. The van der Waals surface area contributed by atoms with Gasteiger partial charge in [0, 0.05) is 18.5 Å². The predicted molar refractivity (Wildman–Crippen MR) is 116 cm³/mol. The zero-order valence-corrected chi connectivity index (χ0v) is 18.0. The van der Waals surface area contributed by atoms with Crippen LogP contribution in [0, 0.1) is 11.7 Å². The summed E-state index contributed by atoms with van der Waals surface area (Å²) >= 11 is 0. The Kier molecular flexibility index (Phi) is 6.27. The molecule has 0 amide bonds. The van der Waals surface area contributed by atoms with Crippen molar-refractivity contribution < 1.29 is 27.5 Å². The van der Waals surface area contributed by atoms with Crippen molar-refractivity contribution in [1.82, 2.24) is 15.2 Å². The Morgan fingerprint density at radius 3 is 2.64 bits per heavy atom. The highest BCUT2D eigenvalue weighted by atomic mass is 19.4. The quantitative estimate of drug-likeness (QED) is 0.305. The van der Waals surface area contributed by atoms with Crippen LogP contribution in [-0.4, -0.2) is 38.8 Å². The Hall–Kier alpha value is -3.17. The molecule has 1 saturated carbocycles. The number of anilines is 1. The molecule has 10 heteroatoms. The van der Waals surface area contributed by atoms with E-state index in [1.165, 1.54) is 6.07 Å². The normalized spacial score (nSPS) is 14.8. The first kappa shape index (κ1) is 23.0. The third kappa shape index (κ3) is 4.94. The van der Waals surface area contributed by atoms with Crippen LogP contribution in [0.4, 0.5) is 23.4 Å². The van der Waals surface area contributed by atoms with Crippen LogP contribution >= 0.6 is 0 Å². The number of pyridine rings is 1. The minimum Gasteiger partial charge on any atom is -0.505 e. The molecular weight excluding hydrogens is 440 g/mol. The second-order valence-electron chi connectivity index (χ2n) is 8.41. The van der Waals surface area contributed by atoms with Gasteiger partial charge in [0.15, 0.2) is 17.3 Å². The van der Waals surface area contributed by atoms with E-state index in [1.807, 2.05) is 0 Å². The number of hydrogen-bond acceptors (Lipinski definition) is 5. The van der Waals surface area contributed by atoms with Gasteiger partial charge in [-0.2, -0.15) is 18.3 Å². The molecule has 1 aliphatic carbocycles. The van der Waals surface area contributed by atoms with Gasteiger partial charge < -0.3 is 10.4 Å². The Bertz CT molecular complexity index is 1180. The molecule has 1 aromatic carbocycles. The van der Waals surface area contributed by atoms with Crippen molar-refractivity contribution in [1.29, 1.82) is 0 Å². The van der Waals surface area contributed by atoms with Gasteiger partial charge in [-0.05, 0) is 42.5 Å². The fourth-order valence-electron chi connectivity index (χ4n) is 4.34. The number of nitrogens with one attached hydrogen (secondary N) is 2. The number of phenols is 1. The largest absolute Gasteiger partial charge is 0.505 e. The van der Waals surface area contributed by atoms with E-state index in [2.05, 4.69) is 20.5 Å². The van der Waals surface area contributed by atoms with Crippen LogP contribution in [0.1, 0.15) is 55.1 Å². The van der Waals surface area contributed by atoms with Crippen molar-refractivity contribution in [3.63, 3.8) is 0 Å². The Morgan fingerprint density at radius 2 is 1.97 bits per heavy atom. The molecule has 0 unspecified atom stereocenters. The van der Waals surface area contributed by atoms with Gasteiger partial charge in [-0.3, -0.25) is 9.89 Å². The number of aromatic nitrogens is 3. The molecule has 3 aromatic rings. The smallest absolute Gasteiger partial charge is 0.393 e. The number of phenolic OH excluding ortho intramolecular Hbond substituents is 1. The third-order valence-electron chi connectivity index (χ3n) is 6.00. The Labute approximate surface area is 187 Å². The van der Waals surface area contributed by atoms with Gasteiger partial charge in [0.1, 0.15) is 11.5 Å². The molecule has 0 aliphatic heterocycles. The number of H-pyrrole nitrogens is 1. The molecule has 33 heavy (non-hydrogen) atoms. The lowest BCUT2D eigenvalue weighted by molar-refractivity contribution is -0.127. The number of ketones is 1. The maximum absolute atomic E-state index is 14.2. The molecule has 2 aromatic heterocycles. The number of halogens is 4. The molecular formula is C23H24F4N4O2. The summed E-state index contributed by atoms with van der Waals surface area (Å²) < 4.78 is 53.7. The molecule has 0 bridgehead atoms. The van der Waals surface area contributed by atoms with Crippen molar-refractivity contribution in [2.45, 2.75) is 51.6 Å². The summed E-state index contributed by atoms with van der Waals surface area (Å²) in [4.78, 5) is 16.9. The van der Waals surface area contributed by atoms with Crippen LogP contribution in [0.3, 0.4) is 0 Å².